The van der Waals surface area contributed by atoms with Crippen LogP contribution in [0.5, 0.6) is 0 Å². The van der Waals surface area contributed by atoms with Crippen molar-refractivity contribution in [2.24, 2.45) is 5.92 Å². The van der Waals surface area contributed by atoms with Crippen molar-refractivity contribution in [2.75, 3.05) is 11.9 Å². The maximum atomic E-state index is 8.96. The zero-order chi connectivity index (χ0) is 12.0. The third kappa shape index (κ3) is 3.56. The Labute approximate surface area is 96.7 Å². The fourth-order valence-electron chi connectivity index (χ4n) is 1.57. The first-order valence-corrected chi connectivity index (χ1v) is 5.55. The number of nitrogens with one attached hydrogen (secondary N) is 1. The zero-order valence-corrected chi connectivity index (χ0v) is 9.77. The van der Waals surface area contributed by atoms with Gasteiger partial charge in [-0.15, -0.1) is 0 Å². The number of benzene rings is 1. The lowest BCUT2D eigenvalue weighted by molar-refractivity contribution is 0.267. The number of anilines is 1. The van der Waals surface area contributed by atoms with Gasteiger partial charge in [0.05, 0.1) is 11.6 Å². The number of aliphatic hydroxyl groups excluding tert-OH is 1. The van der Waals surface area contributed by atoms with Crippen LogP contribution < -0.4 is 5.32 Å². The number of nitrogens with zero attached hydrogens (tertiary/aromatic N) is 1. The Morgan fingerprint density at radius 3 is 2.38 bits per heavy atom. The van der Waals surface area contributed by atoms with E-state index in [-0.39, 0.29) is 12.6 Å². The number of rotatable bonds is 5. The Hall–Kier alpha value is -1.53. The van der Waals surface area contributed by atoms with Crippen LogP contribution in [0.25, 0.3) is 0 Å². The monoisotopic (exact) mass is 218 g/mol. The molecule has 16 heavy (non-hydrogen) atoms. The topological polar surface area (TPSA) is 56.0 Å². The molecule has 0 fully saturated rings. The summed E-state index contributed by atoms with van der Waals surface area (Å²) in [6.45, 7) is 4.43. The van der Waals surface area contributed by atoms with E-state index in [1.54, 1.807) is 12.1 Å². The summed E-state index contributed by atoms with van der Waals surface area (Å²) in [6.07, 6.45) is 0.734. The Kier molecular flexibility index (Phi) is 4.81. The lowest BCUT2D eigenvalue weighted by Gasteiger charge is -2.22. The van der Waals surface area contributed by atoms with Crippen molar-refractivity contribution in [3.63, 3.8) is 0 Å². The van der Waals surface area contributed by atoms with Crippen molar-refractivity contribution in [3.05, 3.63) is 29.8 Å². The van der Waals surface area contributed by atoms with Gasteiger partial charge in [-0.1, -0.05) is 13.8 Å². The van der Waals surface area contributed by atoms with E-state index < -0.39 is 0 Å². The van der Waals surface area contributed by atoms with Gasteiger partial charge in [0.25, 0.3) is 0 Å². The summed E-state index contributed by atoms with van der Waals surface area (Å²) in [5, 5.41) is 21.0. The van der Waals surface area contributed by atoms with Gasteiger partial charge >= 0.3 is 0 Å². The molecule has 0 saturated carbocycles. The molecule has 1 atom stereocenters. The molecule has 1 rings (SSSR count). The second-order valence-electron chi connectivity index (χ2n) is 4.20. The van der Waals surface area contributed by atoms with Crippen molar-refractivity contribution in [1.29, 1.82) is 5.26 Å². The molecule has 0 radical (unpaired) electrons. The van der Waals surface area contributed by atoms with Gasteiger partial charge in [0.15, 0.2) is 0 Å². The fourth-order valence-corrected chi connectivity index (χ4v) is 1.57. The second kappa shape index (κ2) is 6.14. The predicted octanol–water partition coefficient (Wildman–Crippen LogP) is 2.38. The van der Waals surface area contributed by atoms with Gasteiger partial charge in [-0.25, -0.2) is 0 Å². The Bertz CT molecular complexity index is 351. The maximum absolute atomic E-state index is 8.96. The molecular weight excluding hydrogens is 200 g/mol. The Morgan fingerprint density at radius 1 is 1.31 bits per heavy atom. The Balaban J connectivity index is 2.66. The number of aliphatic hydroxyl groups is 1. The second-order valence-corrected chi connectivity index (χ2v) is 4.20. The molecule has 0 aliphatic heterocycles. The highest BCUT2D eigenvalue weighted by Gasteiger charge is 2.11. The minimum Gasteiger partial charge on any atom is -0.396 e. The minimum absolute atomic E-state index is 0.187. The van der Waals surface area contributed by atoms with Gasteiger partial charge in [-0.3, -0.25) is 0 Å². The predicted molar refractivity (Wildman–Crippen MR) is 65.1 cm³/mol. The average molecular weight is 218 g/mol. The normalized spacial score (nSPS) is 12.2. The van der Waals surface area contributed by atoms with E-state index >= 15 is 0 Å². The molecule has 0 spiro atoms. The molecule has 0 heterocycles. The third-order valence-electron chi connectivity index (χ3n) is 2.61. The van der Waals surface area contributed by atoms with Crippen LogP contribution in [0.3, 0.4) is 0 Å². The summed E-state index contributed by atoms with van der Waals surface area (Å²) < 4.78 is 0. The summed E-state index contributed by atoms with van der Waals surface area (Å²) >= 11 is 0. The molecule has 0 aliphatic carbocycles. The summed E-state index contributed by atoms with van der Waals surface area (Å²) in [6, 6.07) is 9.72. The molecule has 86 valence electrons. The first-order chi connectivity index (χ1) is 7.67. The molecular formula is C13H18N2O. The first-order valence-electron chi connectivity index (χ1n) is 5.55. The van der Waals surface area contributed by atoms with Crippen molar-refractivity contribution >= 4 is 5.69 Å². The van der Waals surface area contributed by atoms with E-state index in [9.17, 15) is 0 Å². The van der Waals surface area contributed by atoms with Crippen LogP contribution in [0.15, 0.2) is 24.3 Å². The zero-order valence-electron chi connectivity index (χ0n) is 9.77. The summed E-state index contributed by atoms with van der Waals surface area (Å²) in [4.78, 5) is 0. The van der Waals surface area contributed by atoms with Crippen LogP contribution in [0.1, 0.15) is 25.8 Å². The summed E-state index contributed by atoms with van der Waals surface area (Å²) in [5.41, 5.74) is 1.65. The van der Waals surface area contributed by atoms with Crippen molar-refractivity contribution in [1.82, 2.24) is 0 Å². The third-order valence-corrected chi connectivity index (χ3v) is 2.61. The molecule has 1 unspecified atom stereocenters. The molecule has 0 amide bonds. The highest BCUT2D eigenvalue weighted by Crippen LogP contribution is 2.15. The van der Waals surface area contributed by atoms with Crippen LogP contribution in [0.2, 0.25) is 0 Å². The van der Waals surface area contributed by atoms with E-state index in [4.69, 9.17) is 10.4 Å². The largest absolute Gasteiger partial charge is 0.396 e. The van der Waals surface area contributed by atoms with E-state index in [0.29, 0.717) is 11.5 Å². The van der Waals surface area contributed by atoms with Gasteiger partial charge in [-0.05, 0) is 36.6 Å². The maximum Gasteiger partial charge on any atom is 0.0991 e. The molecule has 2 N–H and O–H groups in total. The van der Waals surface area contributed by atoms with Crippen molar-refractivity contribution in [3.8, 4) is 6.07 Å². The molecule has 3 nitrogen and oxygen atoms in total. The quantitative estimate of drug-likeness (QED) is 0.797. The molecule has 1 aromatic rings. The summed E-state index contributed by atoms with van der Waals surface area (Å²) in [5.74, 6) is 0.461. The van der Waals surface area contributed by atoms with Crippen molar-refractivity contribution in [2.45, 2.75) is 26.3 Å². The van der Waals surface area contributed by atoms with E-state index in [0.717, 1.165) is 12.1 Å². The van der Waals surface area contributed by atoms with Gasteiger partial charge < -0.3 is 10.4 Å². The van der Waals surface area contributed by atoms with Gasteiger partial charge in [-0.2, -0.15) is 5.26 Å². The highest BCUT2D eigenvalue weighted by atomic mass is 16.3. The van der Waals surface area contributed by atoms with Crippen LogP contribution in [-0.4, -0.2) is 17.8 Å². The number of hydrogen-bond donors (Lipinski definition) is 2. The van der Waals surface area contributed by atoms with Crippen molar-refractivity contribution < 1.29 is 5.11 Å². The smallest absolute Gasteiger partial charge is 0.0991 e. The van der Waals surface area contributed by atoms with E-state index in [2.05, 4.69) is 25.2 Å². The van der Waals surface area contributed by atoms with Crippen LogP contribution in [0.4, 0.5) is 5.69 Å². The lowest BCUT2D eigenvalue weighted by atomic mass is 10.0. The van der Waals surface area contributed by atoms with E-state index in [1.807, 2.05) is 12.1 Å². The SMILES string of the molecule is CC(C)C(CCO)Nc1ccc(C#N)cc1. The molecule has 3 heteroatoms. The molecule has 0 aromatic heterocycles. The van der Waals surface area contributed by atoms with Gasteiger partial charge in [0.1, 0.15) is 0 Å². The molecule has 1 aromatic carbocycles. The Morgan fingerprint density at radius 2 is 1.94 bits per heavy atom. The van der Waals surface area contributed by atoms with E-state index in [1.165, 1.54) is 0 Å². The lowest BCUT2D eigenvalue weighted by Crippen LogP contribution is -2.26. The fraction of sp³-hybridized carbons (Fsp3) is 0.462. The first kappa shape index (κ1) is 12.5. The highest BCUT2D eigenvalue weighted by molar-refractivity contribution is 5.47. The number of nitriles is 1. The average Bonchev–Trinajstić information content (AvgIpc) is 2.29. The minimum atomic E-state index is 0.187. The van der Waals surface area contributed by atoms with Gasteiger partial charge in [0, 0.05) is 18.3 Å². The standard InChI is InChI=1S/C13H18N2O/c1-10(2)13(7-8-16)15-12-5-3-11(9-14)4-6-12/h3-6,10,13,15-16H,7-8H2,1-2H3. The molecule has 0 aliphatic rings. The summed E-state index contributed by atoms with van der Waals surface area (Å²) in [7, 11) is 0. The van der Waals surface area contributed by atoms with Crippen LogP contribution in [0, 0.1) is 17.2 Å². The van der Waals surface area contributed by atoms with Gasteiger partial charge in [0.2, 0.25) is 0 Å². The molecule has 0 saturated heterocycles. The molecule has 0 bridgehead atoms. The number of hydrogen-bond acceptors (Lipinski definition) is 3. The van der Waals surface area contributed by atoms with Crippen LogP contribution >= 0.6 is 0 Å². The van der Waals surface area contributed by atoms with Crippen LogP contribution in [-0.2, 0) is 0 Å².